The third-order valence-electron chi connectivity index (χ3n) is 28.7. The smallest absolute Gasteiger partial charge is 0.413 e. The van der Waals surface area contributed by atoms with Gasteiger partial charge in [-0.1, -0.05) is 192 Å². The SMILES string of the molecule is C=C1/C(=C\C=C2/CCC[C@@]3(C)C2CC[C@@H]3[C@@](C)(C/C=C/C(O)(C(F)(F)F)C(F)(F)F)CCCC(C)(C)O)C[C@@H](O)C[C@@H]1O.C=C1/C(=C\CP(=O)(c2ccccc2)c2ccccc2)C[C@@H](O[Si](C)(C)C(C)(C)C)C[C@@H]1O[Si](C)(C)C(C)(C)C.CC(C)(CCC[C@](C)(C/C=C/C(O[Si](C)(C)C)(C(F)(F)F)C(F)(F)F)[C@H]1CCC2C(=O)CCC[C@@]21C)O[Si](C)(C)C. The summed E-state index contributed by atoms with van der Waals surface area (Å²) in [6.07, 6.45) is -2.61. The van der Waals surface area contributed by atoms with E-state index >= 15 is 0 Å². The van der Waals surface area contributed by atoms with Crippen LogP contribution in [0.4, 0.5) is 52.7 Å². The van der Waals surface area contributed by atoms with Crippen molar-refractivity contribution in [1.29, 1.82) is 0 Å². The Kier molecular flexibility index (Phi) is 34.9. The summed E-state index contributed by atoms with van der Waals surface area (Å²) in [5.74, 6) is 0.274. The van der Waals surface area contributed by atoms with Crippen molar-refractivity contribution in [2.45, 2.75) is 385 Å². The lowest BCUT2D eigenvalue weighted by Gasteiger charge is -2.49. The van der Waals surface area contributed by atoms with Gasteiger partial charge in [0.05, 0.1) is 35.6 Å². The zero-order valence-corrected chi connectivity index (χ0v) is 83.2. The molecule has 0 spiro atoms. The Labute approximate surface area is 733 Å². The van der Waals surface area contributed by atoms with Gasteiger partial charge in [-0.3, -0.25) is 4.79 Å². The van der Waals surface area contributed by atoms with Gasteiger partial charge in [-0.15, -0.1) is 0 Å². The van der Waals surface area contributed by atoms with Crippen LogP contribution in [0.3, 0.4) is 0 Å². The molecule has 27 heteroatoms. The average molecular weight is 1840 g/mol. The Bertz CT molecular complexity index is 4010. The molecule has 0 bridgehead atoms. The first-order chi connectivity index (χ1) is 55.6. The standard InChI is InChI=1S/C33H48F6O4.C33H51O3PSi2.C30H52F6O3Si2/c1-21-23(19-24(40)20-26(21)41)11-10-22-9-6-17-30(5)25(22)12-13-27(30)29(4,15-7-14-28(2,3)42)16-8-18-31(43,32(34,35)36)33(37,38)39;1-26-27(22-23-37(34,29-18-14-12-15-19-29)30-20-16-13-17-21-30)24-28(35-38(8,9)32(2,3)4)25-31(26)36-39(10,11)33(5,6)7;1-25(2,38-40(5,6)7)17-12-18-26(3,24-16-15-22-23(37)14-11-20-27(22,24)4)19-13-21-28(29(31,32)33,30(34,35)36)39-41(8,9)10/h8,10-11,18,24-27,40-43H,1,6-7,9,12-17,19-20H2,2-5H3;12-22,28,31H,1,23-25H2,2-11H3;13,21-22,24H,11-12,14-20H2,1-10H3/b18-8+,22-10+,23-11-;27-22-;21-13+/t24-,25?,26+,27-,29-,30+;28-,31+;22?,24-,26-,27+/m111/s1. The fourth-order valence-corrected chi connectivity index (χ4v) is 28.5. The number of rotatable bonds is 29. The number of carbonyl (C=O) groups excluding carboxylic acids is 1. The normalized spacial score (nSPS) is 27.1. The van der Waals surface area contributed by atoms with Crippen molar-refractivity contribution in [1.82, 2.24) is 0 Å². The molecule has 12 atom stereocenters. The highest BCUT2D eigenvalue weighted by Gasteiger charge is 2.72. The molecule has 0 amide bonds. The number of hydrogen-bond donors (Lipinski definition) is 4. The summed E-state index contributed by atoms with van der Waals surface area (Å²) in [4.78, 5) is 12.8. The van der Waals surface area contributed by atoms with E-state index in [0.29, 0.717) is 56.7 Å². The molecule has 0 aliphatic heterocycles. The molecule has 8 rings (SSSR count). The third kappa shape index (κ3) is 27.0. The van der Waals surface area contributed by atoms with Crippen LogP contribution in [0.1, 0.15) is 238 Å². The first-order valence-corrected chi connectivity index (χ1v) is 59.0. The van der Waals surface area contributed by atoms with Crippen molar-refractivity contribution >= 4 is 56.8 Å². The Morgan fingerprint density at radius 2 is 0.976 bits per heavy atom. The Balaban J connectivity index is 0.000000286. The zero-order chi connectivity index (χ0) is 93.9. The summed E-state index contributed by atoms with van der Waals surface area (Å²) in [5.41, 5.74) is -7.75. The second kappa shape index (κ2) is 39.7. The van der Waals surface area contributed by atoms with Gasteiger partial charge in [0.25, 0.3) is 11.2 Å². The van der Waals surface area contributed by atoms with E-state index in [-0.39, 0.29) is 94.0 Å². The molecule has 10 nitrogen and oxygen atoms in total. The lowest BCUT2D eigenvalue weighted by atomic mass is 9.55. The van der Waals surface area contributed by atoms with Gasteiger partial charge in [0.15, 0.2) is 33.3 Å². The van der Waals surface area contributed by atoms with Gasteiger partial charge in [0, 0.05) is 42.0 Å². The summed E-state index contributed by atoms with van der Waals surface area (Å²) >= 11 is 0. The predicted octanol–water partition coefficient (Wildman–Crippen LogP) is 27.2. The average Bonchev–Trinajstić information content (AvgIpc) is 1.28. The lowest BCUT2D eigenvalue weighted by Crippen LogP contribution is -2.61. The molecule has 700 valence electrons. The number of fused-ring (bicyclic) bond motifs is 2. The van der Waals surface area contributed by atoms with Crippen molar-refractivity contribution in [3.05, 3.63) is 144 Å². The molecule has 2 unspecified atom stereocenters. The molecule has 6 saturated carbocycles. The van der Waals surface area contributed by atoms with Crippen molar-refractivity contribution < 1.29 is 100 Å². The highest BCUT2D eigenvalue weighted by atomic mass is 31.2. The topological polar surface area (TPSA) is 152 Å². The minimum absolute atomic E-state index is 0.000922. The van der Waals surface area contributed by atoms with Crippen LogP contribution < -0.4 is 10.6 Å². The molecule has 123 heavy (non-hydrogen) atoms. The van der Waals surface area contributed by atoms with E-state index in [1.54, 1.807) is 13.8 Å². The number of Topliss-reactive ketones (excluding diaryl/α,β-unsaturated/α-hetero) is 1. The monoisotopic (exact) mass is 1830 g/mol. The number of aliphatic hydroxyl groups excluding tert-OH is 2. The van der Waals surface area contributed by atoms with Crippen LogP contribution in [0.5, 0.6) is 0 Å². The van der Waals surface area contributed by atoms with Gasteiger partial charge in [0.1, 0.15) is 12.9 Å². The van der Waals surface area contributed by atoms with E-state index in [1.165, 1.54) is 25.2 Å². The summed E-state index contributed by atoms with van der Waals surface area (Å²) in [6.45, 7) is 57.4. The summed E-state index contributed by atoms with van der Waals surface area (Å²) in [7, 11) is -12.0. The van der Waals surface area contributed by atoms with E-state index in [4.69, 9.17) is 17.7 Å². The molecule has 4 N–H and O–H groups in total. The van der Waals surface area contributed by atoms with Crippen molar-refractivity contribution in [2.75, 3.05) is 6.16 Å². The first kappa shape index (κ1) is 108. The second-order valence-electron chi connectivity index (χ2n) is 44.0. The van der Waals surface area contributed by atoms with Crippen LogP contribution in [0.2, 0.25) is 75.5 Å². The largest absolute Gasteiger partial charge is 0.429 e. The van der Waals surface area contributed by atoms with Crippen LogP contribution in [0.25, 0.3) is 0 Å². The maximum atomic E-state index is 14.7. The zero-order valence-electron chi connectivity index (χ0n) is 78.3. The Morgan fingerprint density at radius 3 is 1.43 bits per heavy atom. The number of allylic oxidation sites excluding steroid dienone is 6. The minimum Gasteiger partial charge on any atom is -0.413 e. The van der Waals surface area contributed by atoms with Crippen LogP contribution >= 0.6 is 7.14 Å². The molecule has 6 aliphatic rings. The Hall–Kier alpha value is -3.77. The quantitative estimate of drug-likeness (QED) is 0.0268. The predicted molar refractivity (Wildman–Crippen MR) is 486 cm³/mol. The lowest BCUT2D eigenvalue weighted by molar-refractivity contribution is -0.347. The van der Waals surface area contributed by atoms with Gasteiger partial charge < -0.3 is 42.7 Å². The number of aliphatic hydroxyl groups is 4. The molecule has 0 heterocycles. The number of carbonyl (C=O) groups is 1. The molecule has 6 aliphatic carbocycles. The maximum Gasteiger partial charge on any atom is 0.429 e. The number of benzene rings is 2. The molecule has 0 saturated heterocycles. The molecule has 6 fully saturated rings. The summed E-state index contributed by atoms with van der Waals surface area (Å²) < 4.78 is 205. The first-order valence-electron chi connectivity index (χ1n) is 44.5. The van der Waals surface area contributed by atoms with Crippen molar-refractivity contribution in [2.24, 2.45) is 45.3 Å². The maximum absolute atomic E-state index is 14.7. The highest BCUT2D eigenvalue weighted by molar-refractivity contribution is 7.78. The van der Waals surface area contributed by atoms with E-state index in [0.717, 1.165) is 117 Å². The fourth-order valence-electron chi connectivity index (χ4n) is 20.3. The van der Waals surface area contributed by atoms with Crippen LogP contribution in [0.15, 0.2) is 144 Å². The van der Waals surface area contributed by atoms with E-state index in [1.807, 2.05) is 101 Å². The summed E-state index contributed by atoms with van der Waals surface area (Å²) in [5, 5.41) is 42.3. The van der Waals surface area contributed by atoms with Crippen molar-refractivity contribution in [3.63, 3.8) is 0 Å². The van der Waals surface area contributed by atoms with Crippen LogP contribution in [-0.2, 0) is 27.1 Å². The van der Waals surface area contributed by atoms with Crippen molar-refractivity contribution in [3.8, 4) is 0 Å². The molecular weight excluding hydrogens is 1680 g/mol. The van der Waals surface area contributed by atoms with E-state index in [9.17, 15) is 82.5 Å². The second-order valence-corrected chi connectivity index (χ2v) is 65.2. The fraction of sp³-hybridized carbons (Fsp3) is 0.719. The molecule has 0 radical (unpaired) electrons. The van der Waals surface area contributed by atoms with Crippen LogP contribution in [0, 0.1) is 45.3 Å². The third-order valence-corrected chi connectivity index (χ3v) is 42.7. The van der Waals surface area contributed by atoms with Crippen LogP contribution in [-0.4, -0.2) is 137 Å². The van der Waals surface area contributed by atoms with E-state index < -0.39 is 111 Å². The van der Waals surface area contributed by atoms with Gasteiger partial charge in [-0.2, -0.15) is 52.7 Å². The van der Waals surface area contributed by atoms with Gasteiger partial charge in [-0.25, -0.2) is 0 Å². The Morgan fingerprint density at radius 1 is 0.528 bits per heavy atom. The molecule has 0 aromatic heterocycles. The molecule has 2 aromatic rings. The van der Waals surface area contributed by atoms with E-state index in [2.05, 4.69) is 120 Å². The minimum atomic E-state index is -5.92. The number of alkyl halides is 12. The highest BCUT2D eigenvalue weighted by Crippen LogP contribution is 2.66. The summed E-state index contributed by atoms with van der Waals surface area (Å²) in [6, 6.07) is 19.8. The van der Waals surface area contributed by atoms with Gasteiger partial charge >= 0.3 is 24.7 Å². The number of hydrogen-bond acceptors (Lipinski definition) is 10. The number of ketones is 1. The molecule has 2 aromatic carbocycles. The van der Waals surface area contributed by atoms with Gasteiger partial charge in [-0.05, 0) is 286 Å². The molecular formula is C96H151F12O10PSi4. The van der Waals surface area contributed by atoms with Gasteiger partial charge in [0.2, 0.25) is 0 Å². The number of halogens is 12.